The van der Waals surface area contributed by atoms with E-state index in [1.807, 2.05) is 23.1 Å². The first-order valence-corrected chi connectivity index (χ1v) is 8.01. The summed E-state index contributed by atoms with van der Waals surface area (Å²) in [5.74, 6) is 1.33. The highest BCUT2D eigenvalue weighted by atomic mass is 32.2. The third-order valence-corrected chi connectivity index (χ3v) is 4.79. The molecule has 5 heteroatoms. The molecule has 2 aliphatic rings. The SMILES string of the molecule is CSCCC(=O)N1CC[C@@]2(CCCN(C)C2=O)C1. The normalized spacial score (nSPS) is 28.2. The number of hydrogen-bond acceptors (Lipinski definition) is 3. The van der Waals surface area contributed by atoms with Crippen LogP contribution in [0.5, 0.6) is 0 Å². The smallest absolute Gasteiger partial charge is 0.230 e. The molecule has 2 fully saturated rings. The summed E-state index contributed by atoms with van der Waals surface area (Å²) in [6.07, 6.45) is 5.47. The molecule has 4 nitrogen and oxygen atoms in total. The third kappa shape index (κ3) is 2.51. The van der Waals surface area contributed by atoms with Gasteiger partial charge >= 0.3 is 0 Å². The van der Waals surface area contributed by atoms with Gasteiger partial charge in [0.25, 0.3) is 0 Å². The van der Waals surface area contributed by atoms with Crippen molar-refractivity contribution in [3.05, 3.63) is 0 Å². The van der Waals surface area contributed by atoms with Crippen LogP contribution in [0.1, 0.15) is 25.7 Å². The predicted molar refractivity (Wildman–Crippen MR) is 73.5 cm³/mol. The number of carbonyl (C=O) groups excluding carboxylic acids is 2. The highest BCUT2D eigenvalue weighted by Gasteiger charge is 2.48. The number of amides is 2. The van der Waals surface area contributed by atoms with Gasteiger partial charge in [0, 0.05) is 38.9 Å². The van der Waals surface area contributed by atoms with Crippen LogP contribution < -0.4 is 0 Å². The number of piperidine rings is 1. The van der Waals surface area contributed by atoms with Gasteiger partial charge in [0.15, 0.2) is 0 Å². The molecule has 0 saturated carbocycles. The number of rotatable bonds is 3. The molecule has 0 aromatic rings. The molecule has 0 aliphatic carbocycles. The number of hydrogen-bond donors (Lipinski definition) is 0. The lowest BCUT2D eigenvalue weighted by Crippen LogP contribution is -2.48. The molecule has 2 heterocycles. The van der Waals surface area contributed by atoms with Crippen molar-refractivity contribution in [3.63, 3.8) is 0 Å². The van der Waals surface area contributed by atoms with Crippen LogP contribution in [0.15, 0.2) is 0 Å². The van der Waals surface area contributed by atoms with Gasteiger partial charge < -0.3 is 9.80 Å². The van der Waals surface area contributed by atoms with Gasteiger partial charge in [-0.25, -0.2) is 0 Å². The maximum atomic E-state index is 12.3. The van der Waals surface area contributed by atoms with Gasteiger partial charge in [-0.05, 0) is 25.5 Å². The van der Waals surface area contributed by atoms with Crippen LogP contribution in [0.2, 0.25) is 0 Å². The van der Waals surface area contributed by atoms with E-state index in [0.29, 0.717) is 13.0 Å². The summed E-state index contributed by atoms with van der Waals surface area (Å²) < 4.78 is 0. The summed E-state index contributed by atoms with van der Waals surface area (Å²) in [6.45, 7) is 2.26. The second kappa shape index (κ2) is 5.51. The fraction of sp³-hybridized carbons (Fsp3) is 0.846. The van der Waals surface area contributed by atoms with E-state index in [1.165, 1.54) is 0 Å². The molecule has 0 bridgehead atoms. The first kappa shape index (κ1) is 13.7. The zero-order valence-corrected chi connectivity index (χ0v) is 12.1. The van der Waals surface area contributed by atoms with Crippen LogP contribution in [0.4, 0.5) is 0 Å². The molecule has 2 saturated heterocycles. The molecule has 1 atom stereocenters. The van der Waals surface area contributed by atoms with Crippen molar-refractivity contribution in [1.82, 2.24) is 9.80 Å². The van der Waals surface area contributed by atoms with Crippen LogP contribution in [0.3, 0.4) is 0 Å². The van der Waals surface area contributed by atoms with E-state index in [9.17, 15) is 9.59 Å². The Kier molecular flexibility index (Phi) is 4.20. The summed E-state index contributed by atoms with van der Waals surface area (Å²) in [7, 11) is 1.88. The first-order chi connectivity index (χ1) is 8.59. The molecule has 18 heavy (non-hydrogen) atoms. The van der Waals surface area contributed by atoms with Crippen molar-refractivity contribution < 1.29 is 9.59 Å². The van der Waals surface area contributed by atoms with Crippen molar-refractivity contribution in [2.75, 3.05) is 38.7 Å². The predicted octanol–water partition coefficient (Wildman–Crippen LogP) is 1.21. The number of thioether (sulfide) groups is 1. The van der Waals surface area contributed by atoms with E-state index >= 15 is 0 Å². The Morgan fingerprint density at radius 3 is 2.89 bits per heavy atom. The number of likely N-dealkylation sites (tertiary alicyclic amines) is 2. The van der Waals surface area contributed by atoms with E-state index in [0.717, 1.165) is 38.1 Å². The maximum absolute atomic E-state index is 12.3. The Balaban J connectivity index is 1.98. The average Bonchev–Trinajstić information content (AvgIpc) is 2.78. The Bertz CT molecular complexity index is 348. The molecule has 0 radical (unpaired) electrons. The van der Waals surface area contributed by atoms with Crippen LogP contribution in [-0.2, 0) is 9.59 Å². The minimum Gasteiger partial charge on any atom is -0.345 e. The number of nitrogens with zero attached hydrogens (tertiary/aromatic N) is 2. The standard InChI is InChI=1S/C13H22N2O2S/c1-14-7-3-5-13(12(14)17)6-8-15(10-13)11(16)4-9-18-2/h3-10H2,1-2H3/t13-/m0/s1. The minimum atomic E-state index is -0.262. The van der Waals surface area contributed by atoms with Crippen LogP contribution >= 0.6 is 11.8 Å². The topological polar surface area (TPSA) is 40.6 Å². The highest BCUT2D eigenvalue weighted by Crippen LogP contribution is 2.39. The second-order valence-corrected chi connectivity index (χ2v) is 6.40. The molecule has 0 aromatic carbocycles. The maximum Gasteiger partial charge on any atom is 0.230 e. The van der Waals surface area contributed by atoms with E-state index in [-0.39, 0.29) is 17.2 Å². The largest absolute Gasteiger partial charge is 0.345 e. The van der Waals surface area contributed by atoms with E-state index in [2.05, 4.69) is 0 Å². The van der Waals surface area contributed by atoms with Gasteiger partial charge in [-0.2, -0.15) is 11.8 Å². The lowest BCUT2D eigenvalue weighted by Gasteiger charge is -2.37. The summed E-state index contributed by atoms with van der Waals surface area (Å²) in [5.41, 5.74) is -0.262. The van der Waals surface area contributed by atoms with Crippen molar-refractivity contribution in [2.45, 2.75) is 25.7 Å². The first-order valence-electron chi connectivity index (χ1n) is 6.61. The van der Waals surface area contributed by atoms with Gasteiger partial charge in [-0.1, -0.05) is 0 Å². The minimum absolute atomic E-state index is 0.210. The summed E-state index contributed by atoms with van der Waals surface area (Å²) >= 11 is 1.69. The molecule has 0 aromatic heterocycles. The lowest BCUT2D eigenvalue weighted by molar-refractivity contribution is -0.144. The van der Waals surface area contributed by atoms with Crippen molar-refractivity contribution in [3.8, 4) is 0 Å². The van der Waals surface area contributed by atoms with Crippen LogP contribution in [0, 0.1) is 5.41 Å². The Hall–Kier alpha value is -0.710. The van der Waals surface area contributed by atoms with Crippen LogP contribution in [-0.4, -0.2) is 60.3 Å². The van der Waals surface area contributed by atoms with E-state index in [4.69, 9.17) is 0 Å². The van der Waals surface area contributed by atoms with Crippen molar-refractivity contribution in [1.29, 1.82) is 0 Å². The molecule has 2 amide bonds. The molecular formula is C13H22N2O2S. The molecule has 102 valence electrons. The summed E-state index contributed by atoms with van der Waals surface area (Å²) in [6, 6.07) is 0. The summed E-state index contributed by atoms with van der Waals surface area (Å²) in [5, 5.41) is 0. The highest BCUT2D eigenvalue weighted by molar-refractivity contribution is 7.98. The quantitative estimate of drug-likeness (QED) is 0.774. The van der Waals surface area contributed by atoms with Gasteiger partial charge in [0.2, 0.25) is 11.8 Å². The van der Waals surface area contributed by atoms with Crippen molar-refractivity contribution in [2.24, 2.45) is 5.41 Å². The zero-order valence-electron chi connectivity index (χ0n) is 11.3. The fourth-order valence-electron chi connectivity index (χ4n) is 3.08. The Morgan fingerprint density at radius 2 is 2.17 bits per heavy atom. The van der Waals surface area contributed by atoms with Gasteiger partial charge in [-0.15, -0.1) is 0 Å². The molecular weight excluding hydrogens is 248 g/mol. The van der Waals surface area contributed by atoms with Crippen molar-refractivity contribution >= 4 is 23.6 Å². The lowest BCUT2D eigenvalue weighted by atomic mass is 9.78. The Labute approximate surface area is 113 Å². The molecule has 2 aliphatic heterocycles. The molecule has 2 rings (SSSR count). The third-order valence-electron chi connectivity index (χ3n) is 4.18. The summed E-state index contributed by atoms with van der Waals surface area (Å²) in [4.78, 5) is 28.1. The fourth-order valence-corrected chi connectivity index (χ4v) is 3.46. The number of carbonyl (C=O) groups is 2. The van der Waals surface area contributed by atoms with Gasteiger partial charge in [0.05, 0.1) is 5.41 Å². The zero-order chi connectivity index (χ0) is 13.2. The van der Waals surface area contributed by atoms with Gasteiger partial charge in [-0.3, -0.25) is 9.59 Å². The molecule has 1 spiro atoms. The molecule has 0 unspecified atom stereocenters. The van der Waals surface area contributed by atoms with E-state index < -0.39 is 0 Å². The second-order valence-electron chi connectivity index (χ2n) is 5.42. The Morgan fingerprint density at radius 1 is 1.39 bits per heavy atom. The van der Waals surface area contributed by atoms with Crippen LogP contribution in [0.25, 0.3) is 0 Å². The average molecular weight is 270 g/mol. The van der Waals surface area contributed by atoms with E-state index in [1.54, 1.807) is 11.8 Å². The van der Waals surface area contributed by atoms with Gasteiger partial charge in [0.1, 0.15) is 0 Å². The monoisotopic (exact) mass is 270 g/mol. The molecule has 0 N–H and O–H groups in total.